The smallest absolute Gasteiger partial charge is 0.402 e. The normalized spacial score (nSPS) is 15.6. The molecule has 0 amide bonds. The summed E-state index contributed by atoms with van der Waals surface area (Å²) in [6.45, 7) is 0. The number of rotatable bonds is 5. The summed E-state index contributed by atoms with van der Waals surface area (Å²) in [5.74, 6) is -11.9. The van der Waals surface area contributed by atoms with Gasteiger partial charge in [-0.15, -0.1) is 0 Å². The van der Waals surface area contributed by atoms with Crippen molar-refractivity contribution in [3.63, 3.8) is 0 Å². The average Bonchev–Trinajstić information content (AvgIpc) is 2.01. The van der Waals surface area contributed by atoms with Crippen molar-refractivity contribution in [2.24, 2.45) is 0 Å². The van der Waals surface area contributed by atoms with Crippen molar-refractivity contribution in [2.75, 3.05) is 0 Å². The van der Waals surface area contributed by atoms with E-state index in [2.05, 4.69) is 4.65 Å². The molecular formula is C4H4BF7O3. The van der Waals surface area contributed by atoms with Crippen LogP contribution >= 0.6 is 0 Å². The Labute approximate surface area is 78.6 Å². The minimum atomic E-state index is -5.98. The molecule has 0 rings (SSSR count). The van der Waals surface area contributed by atoms with E-state index in [4.69, 9.17) is 10.0 Å². The van der Waals surface area contributed by atoms with Crippen LogP contribution in [0.15, 0.2) is 0 Å². The maximum atomic E-state index is 12.3. The second-order valence-electron chi connectivity index (χ2n) is 2.33. The van der Waals surface area contributed by atoms with Gasteiger partial charge >= 0.3 is 25.6 Å². The summed E-state index contributed by atoms with van der Waals surface area (Å²) in [5.41, 5.74) is 0. The fourth-order valence-electron chi connectivity index (χ4n) is 0.489. The van der Waals surface area contributed by atoms with Gasteiger partial charge in [0.05, 0.1) is 0 Å². The van der Waals surface area contributed by atoms with E-state index in [1.165, 1.54) is 0 Å². The first-order valence-electron chi connectivity index (χ1n) is 3.23. The predicted molar refractivity (Wildman–Crippen MR) is 32.1 cm³/mol. The topological polar surface area (TPSA) is 49.7 Å². The first-order chi connectivity index (χ1) is 6.53. The Hall–Kier alpha value is -0.545. The maximum absolute atomic E-state index is 12.3. The zero-order chi connectivity index (χ0) is 12.4. The zero-order valence-electron chi connectivity index (χ0n) is 6.68. The number of hydrogen-bond donors (Lipinski definition) is 2. The van der Waals surface area contributed by atoms with E-state index in [1.807, 2.05) is 0 Å². The Morgan fingerprint density at radius 2 is 1.33 bits per heavy atom. The molecule has 0 aromatic carbocycles. The molecule has 0 bridgehead atoms. The van der Waals surface area contributed by atoms with E-state index >= 15 is 0 Å². The van der Waals surface area contributed by atoms with Gasteiger partial charge in [0, 0.05) is 0 Å². The van der Waals surface area contributed by atoms with Gasteiger partial charge < -0.3 is 14.7 Å². The summed E-state index contributed by atoms with van der Waals surface area (Å²) >= 11 is 0. The summed E-state index contributed by atoms with van der Waals surface area (Å²) in [6.07, 6.45) is -9.10. The Kier molecular flexibility index (Phi) is 4.37. The van der Waals surface area contributed by atoms with Crippen LogP contribution in [0.2, 0.25) is 0 Å². The highest BCUT2D eigenvalue weighted by atomic mass is 19.3. The van der Waals surface area contributed by atoms with E-state index in [-0.39, 0.29) is 0 Å². The van der Waals surface area contributed by atoms with Crippen LogP contribution in [0.3, 0.4) is 0 Å². The molecule has 0 radical (unpaired) electrons. The Morgan fingerprint density at radius 3 is 1.60 bits per heavy atom. The van der Waals surface area contributed by atoms with Crippen LogP contribution in [0.25, 0.3) is 0 Å². The molecule has 90 valence electrons. The third-order valence-corrected chi connectivity index (χ3v) is 1.24. The van der Waals surface area contributed by atoms with Crippen molar-refractivity contribution in [1.82, 2.24) is 0 Å². The highest BCUT2D eigenvalue weighted by Gasteiger charge is 2.68. The molecule has 0 aromatic rings. The molecule has 11 heteroatoms. The summed E-state index contributed by atoms with van der Waals surface area (Å²) < 4.78 is 86.5. The molecule has 2 N–H and O–H groups in total. The molecule has 15 heavy (non-hydrogen) atoms. The SMILES string of the molecule is OB(O)OC(F)C(F)(F)C(F)(F)C(F)F. The molecule has 0 aliphatic rings. The third kappa shape index (κ3) is 2.95. The molecular weight excluding hydrogens is 240 g/mol. The Morgan fingerprint density at radius 1 is 0.933 bits per heavy atom. The van der Waals surface area contributed by atoms with Gasteiger partial charge in [-0.1, -0.05) is 0 Å². The molecule has 0 spiro atoms. The quantitative estimate of drug-likeness (QED) is 0.555. The van der Waals surface area contributed by atoms with Crippen LogP contribution in [0.4, 0.5) is 30.7 Å². The second-order valence-corrected chi connectivity index (χ2v) is 2.33. The molecule has 0 aliphatic carbocycles. The lowest BCUT2D eigenvalue weighted by Gasteiger charge is -2.27. The first kappa shape index (κ1) is 14.5. The highest BCUT2D eigenvalue weighted by molar-refractivity contribution is 6.32. The summed E-state index contributed by atoms with van der Waals surface area (Å²) in [7, 11) is -3.13. The van der Waals surface area contributed by atoms with Crippen LogP contribution in [-0.2, 0) is 4.65 Å². The van der Waals surface area contributed by atoms with E-state index in [9.17, 15) is 30.7 Å². The van der Waals surface area contributed by atoms with Crippen LogP contribution in [0.1, 0.15) is 0 Å². The van der Waals surface area contributed by atoms with E-state index < -0.39 is 31.9 Å². The van der Waals surface area contributed by atoms with Gasteiger partial charge in [-0.3, -0.25) is 0 Å². The van der Waals surface area contributed by atoms with E-state index in [1.54, 1.807) is 0 Å². The van der Waals surface area contributed by atoms with Gasteiger partial charge in [0.25, 0.3) is 6.36 Å². The fraction of sp³-hybridized carbons (Fsp3) is 1.00. The monoisotopic (exact) mass is 244 g/mol. The van der Waals surface area contributed by atoms with Crippen LogP contribution in [-0.4, -0.2) is 42.0 Å². The largest absolute Gasteiger partial charge is 0.636 e. The number of hydrogen-bond acceptors (Lipinski definition) is 3. The minimum Gasteiger partial charge on any atom is -0.402 e. The van der Waals surface area contributed by atoms with Crippen molar-refractivity contribution >= 4 is 7.32 Å². The molecule has 0 saturated carbocycles. The zero-order valence-corrected chi connectivity index (χ0v) is 6.68. The predicted octanol–water partition coefficient (Wildman–Crippen LogP) is 0.804. The third-order valence-electron chi connectivity index (χ3n) is 1.24. The van der Waals surface area contributed by atoms with Crippen molar-refractivity contribution in [3.8, 4) is 0 Å². The Bertz CT molecular complexity index is 210. The average molecular weight is 244 g/mol. The molecule has 3 nitrogen and oxygen atoms in total. The minimum absolute atomic E-state index is 2.83. The van der Waals surface area contributed by atoms with E-state index in [0.717, 1.165) is 0 Å². The molecule has 1 atom stereocenters. The summed E-state index contributed by atoms with van der Waals surface area (Å²) in [6, 6.07) is 0. The Balaban J connectivity index is 4.79. The van der Waals surface area contributed by atoms with Crippen molar-refractivity contribution in [2.45, 2.75) is 24.6 Å². The molecule has 0 heterocycles. The van der Waals surface area contributed by atoms with Crippen LogP contribution in [0.5, 0.6) is 0 Å². The van der Waals surface area contributed by atoms with Gasteiger partial charge in [0.2, 0.25) is 0 Å². The fourth-order valence-corrected chi connectivity index (χ4v) is 0.489. The van der Waals surface area contributed by atoms with Crippen LogP contribution < -0.4 is 0 Å². The lowest BCUT2D eigenvalue weighted by Crippen LogP contribution is -2.54. The van der Waals surface area contributed by atoms with Gasteiger partial charge in [-0.05, 0) is 0 Å². The summed E-state index contributed by atoms with van der Waals surface area (Å²) in [4.78, 5) is 0. The highest BCUT2D eigenvalue weighted by Crippen LogP contribution is 2.42. The lowest BCUT2D eigenvalue weighted by atomic mass is 10.1. The van der Waals surface area contributed by atoms with Crippen molar-refractivity contribution in [3.05, 3.63) is 0 Å². The molecule has 0 aromatic heterocycles. The second kappa shape index (κ2) is 4.53. The lowest BCUT2D eigenvalue weighted by molar-refractivity contribution is -0.314. The molecule has 0 fully saturated rings. The van der Waals surface area contributed by atoms with E-state index in [0.29, 0.717) is 0 Å². The van der Waals surface area contributed by atoms with Gasteiger partial charge in [0.15, 0.2) is 0 Å². The van der Waals surface area contributed by atoms with Crippen molar-refractivity contribution < 1.29 is 45.4 Å². The van der Waals surface area contributed by atoms with Gasteiger partial charge in [-0.2, -0.15) is 17.6 Å². The molecule has 0 aliphatic heterocycles. The van der Waals surface area contributed by atoms with Gasteiger partial charge in [-0.25, -0.2) is 13.2 Å². The molecule has 0 saturated heterocycles. The maximum Gasteiger partial charge on any atom is 0.636 e. The molecule has 1 unspecified atom stereocenters. The number of halogens is 7. The summed E-state index contributed by atoms with van der Waals surface area (Å²) in [5, 5.41) is 15.6. The number of alkyl halides is 7. The van der Waals surface area contributed by atoms with Gasteiger partial charge in [0.1, 0.15) is 0 Å². The standard InChI is InChI=1S/C4H4BF7O3/c6-1(7)3(9,10)4(11,12)2(8)15-5(13)14/h1-2,13-14H. The first-order valence-corrected chi connectivity index (χ1v) is 3.23. The van der Waals surface area contributed by atoms with Crippen LogP contribution in [0, 0.1) is 0 Å². The van der Waals surface area contributed by atoms with Crippen molar-refractivity contribution in [1.29, 1.82) is 0 Å².